The second-order valence-corrected chi connectivity index (χ2v) is 9.24. The number of nitrogens with zero attached hydrogens (tertiary/aromatic N) is 3. The maximum atomic E-state index is 13.7. The Morgan fingerprint density at radius 1 is 1.03 bits per heavy atom. The molecule has 0 spiro atoms. The SMILES string of the molecule is C[C@]1(C2CCN(C(=O)Cc3ccccn3)CC2)CCCCN(Cc2ccccc2)C1=O. The maximum Gasteiger partial charge on any atom is 0.229 e. The average Bonchev–Trinajstić information content (AvgIpc) is 2.95. The largest absolute Gasteiger partial charge is 0.342 e. The minimum atomic E-state index is -0.332. The highest BCUT2D eigenvalue weighted by molar-refractivity contribution is 5.83. The van der Waals surface area contributed by atoms with Crippen molar-refractivity contribution in [2.24, 2.45) is 11.3 Å². The number of hydrogen-bond donors (Lipinski definition) is 0. The van der Waals surface area contributed by atoms with Crippen molar-refractivity contribution in [1.82, 2.24) is 14.8 Å². The Morgan fingerprint density at radius 3 is 2.48 bits per heavy atom. The van der Waals surface area contributed by atoms with E-state index in [1.807, 2.05) is 41.3 Å². The Bertz CT molecular complexity index is 878. The molecule has 1 aromatic carbocycles. The number of pyridine rings is 1. The molecule has 1 atom stereocenters. The highest BCUT2D eigenvalue weighted by Crippen LogP contribution is 2.43. The van der Waals surface area contributed by atoms with E-state index in [2.05, 4.69) is 28.9 Å². The molecule has 2 aliphatic rings. The van der Waals surface area contributed by atoms with Crippen LogP contribution in [0.5, 0.6) is 0 Å². The Balaban J connectivity index is 1.39. The van der Waals surface area contributed by atoms with Gasteiger partial charge in [-0.2, -0.15) is 0 Å². The van der Waals surface area contributed by atoms with Gasteiger partial charge in [-0.3, -0.25) is 14.6 Å². The van der Waals surface area contributed by atoms with Crippen LogP contribution in [0.2, 0.25) is 0 Å². The summed E-state index contributed by atoms with van der Waals surface area (Å²) in [6.07, 6.45) is 6.98. The van der Waals surface area contributed by atoms with Gasteiger partial charge in [-0.05, 0) is 49.3 Å². The van der Waals surface area contributed by atoms with Gasteiger partial charge in [-0.15, -0.1) is 0 Å². The van der Waals surface area contributed by atoms with Gasteiger partial charge in [0, 0.05) is 43.5 Å². The van der Waals surface area contributed by atoms with Crippen molar-refractivity contribution in [3.8, 4) is 0 Å². The van der Waals surface area contributed by atoms with Gasteiger partial charge in [0.15, 0.2) is 0 Å². The quantitative estimate of drug-likeness (QED) is 0.734. The molecule has 2 aliphatic heterocycles. The number of benzene rings is 1. The van der Waals surface area contributed by atoms with Crippen molar-refractivity contribution < 1.29 is 9.59 Å². The van der Waals surface area contributed by atoms with E-state index in [1.165, 1.54) is 5.56 Å². The van der Waals surface area contributed by atoms with E-state index in [0.717, 1.165) is 57.4 Å². The summed E-state index contributed by atoms with van der Waals surface area (Å²) in [7, 11) is 0. The lowest BCUT2D eigenvalue weighted by atomic mass is 9.69. The first-order valence-corrected chi connectivity index (χ1v) is 11.6. The molecule has 0 saturated carbocycles. The number of likely N-dealkylation sites (tertiary alicyclic amines) is 2. The van der Waals surface area contributed by atoms with Crippen LogP contribution in [-0.4, -0.2) is 46.2 Å². The van der Waals surface area contributed by atoms with Crippen LogP contribution in [0.4, 0.5) is 0 Å². The van der Waals surface area contributed by atoms with E-state index in [9.17, 15) is 9.59 Å². The molecule has 2 aromatic rings. The number of carbonyl (C=O) groups excluding carboxylic acids is 2. The number of piperidine rings is 1. The van der Waals surface area contributed by atoms with Gasteiger partial charge in [-0.25, -0.2) is 0 Å². The van der Waals surface area contributed by atoms with Crippen LogP contribution >= 0.6 is 0 Å². The highest BCUT2D eigenvalue weighted by atomic mass is 16.2. The van der Waals surface area contributed by atoms with Gasteiger partial charge in [0.2, 0.25) is 11.8 Å². The first-order chi connectivity index (χ1) is 15.1. The normalized spacial score (nSPS) is 22.9. The highest BCUT2D eigenvalue weighted by Gasteiger charge is 2.45. The zero-order valence-corrected chi connectivity index (χ0v) is 18.5. The number of amides is 2. The van der Waals surface area contributed by atoms with Gasteiger partial charge < -0.3 is 9.80 Å². The molecule has 5 heteroatoms. The van der Waals surface area contributed by atoms with Gasteiger partial charge in [0.05, 0.1) is 6.42 Å². The van der Waals surface area contributed by atoms with E-state index in [0.29, 0.717) is 24.8 Å². The second kappa shape index (κ2) is 9.63. The van der Waals surface area contributed by atoms with Crippen molar-refractivity contribution in [2.75, 3.05) is 19.6 Å². The lowest BCUT2D eigenvalue weighted by molar-refractivity contribution is -0.146. The van der Waals surface area contributed by atoms with Crippen LogP contribution in [0.1, 0.15) is 50.3 Å². The molecule has 0 bridgehead atoms. The molecule has 0 N–H and O–H groups in total. The monoisotopic (exact) mass is 419 g/mol. The summed E-state index contributed by atoms with van der Waals surface area (Å²) in [6.45, 7) is 5.17. The Kier molecular flexibility index (Phi) is 6.69. The van der Waals surface area contributed by atoms with Crippen LogP contribution < -0.4 is 0 Å². The molecule has 3 heterocycles. The number of aromatic nitrogens is 1. The molecular formula is C26H33N3O2. The Labute approximate surface area is 185 Å². The van der Waals surface area contributed by atoms with Gasteiger partial charge in [-0.1, -0.05) is 49.7 Å². The molecule has 5 nitrogen and oxygen atoms in total. The summed E-state index contributed by atoms with van der Waals surface area (Å²) in [5, 5.41) is 0. The number of rotatable bonds is 5. The minimum absolute atomic E-state index is 0.139. The van der Waals surface area contributed by atoms with E-state index in [1.54, 1.807) is 6.20 Å². The lowest BCUT2D eigenvalue weighted by Gasteiger charge is -2.43. The molecule has 0 radical (unpaired) electrons. The van der Waals surface area contributed by atoms with Crippen LogP contribution in [0.15, 0.2) is 54.7 Å². The van der Waals surface area contributed by atoms with Crippen molar-refractivity contribution in [3.05, 3.63) is 66.0 Å². The third-order valence-electron chi connectivity index (χ3n) is 7.17. The molecule has 31 heavy (non-hydrogen) atoms. The fraction of sp³-hybridized carbons (Fsp3) is 0.500. The molecule has 1 aromatic heterocycles. The summed E-state index contributed by atoms with van der Waals surface area (Å²) < 4.78 is 0. The van der Waals surface area contributed by atoms with Gasteiger partial charge in [0.1, 0.15) is 0 Å². The first kappa shape index (κ1) is 21.5. The predicted octanol–water partition coefficient (Wildman–Crippen LogP) is 4.08. The summed E-state index contributed by atoms with van der Waals surface area (Å²) in [5.41, 5.74) is 1.67. The van der Waals surface area contributed by atoms with Crippen molar-refractivity contribution in [2.45, 2.75) is 52.0 Å². The minimum Gasteiger partial charge on any atom is -0.342 e. The average molecular weight is 420 g/mol. The molecule has 2 saturated heterocycles. The van der Waals surface area contributed by atoms with Crippen LogP contribution in [0.3, 0.4) is 0 Å². The molecule has 0 unspecified atom stereocenters. The zero-order valence-electron chi connectivity index (χ0n) is 18.5. The van der Waals surface area contributed by atoms with E-state index < -0.39 is 0 Å². The van der Waals surface area contributed by atoms with Gasteiger partial charge in [0.25, 0.3) is 0 Å². The fourth-order valence-electron chi connectivity index (χ4n) is 5.23. The van der Waals surface area contributed by atoms with Crippen molar-refractivity contribution in [3.63, 3.8) is 0 Å². The molecule has 4 rings (SSSR count). The van der Waals surface area contributed by atoms with Crippen molar-refractivity contribution in [1.29, 1.82) is 0 Å². The fourth-order valence-corrected chi connectivity index (χ4v) is 5.23. The summed E-state index contributed by atoms with van der Waals surface area (Å²) in [4.78, 5) is 34.7. The molecule has 2 amide bonds. The Hall–Kier alpha value is -2.69. The Morgan fingerprint density at radius 2 is 1.77 bits per heavy atom. The predicted molar refractivity (Wildman–Crippen MR) is 121 cm³/mol. The molecule has 2 fully saturated rings. The lowest BCUT2D eigenvalue weighted by Crippen LogP contribution is -2.49. The third-order valence-corrected chi connectivity index (χ3v) is 7.17. The smallest absolute Gasteiger partial charge is 0.229 e. The van der Waals surface area contributed by atoms with Crippen molar-refractivity contribution >= 4 is 11.8 Å². The van der Waals surface area contributed by atoms with E-state index in [4.69, 9.17) is 0 Å². The standard InChI is InChI=1S/C26H33N3O2/c1-26(14-6-8-16-29(25(26)31)20-21-9-3-2-4-10-21)22-12-17-28(18-13-22)24(30)19-23-11-5-7-15-27-23/h2-5,7,9-11,15,22H,6,8,12-14,16-20H2,1H3/t26-/m1/s1. The maximum absolute atomic E-state index is 13.7. The third kappa shape index (κ3) is 4.97. The number of hydrogen-bond acceptors (Lipinski definition) is 3. The molecule has 0 aliphatic carbocycles. The first-order valence-electron chi connectivity index (χ1n) is 11.6. The van der Waals surface area contributed by atoms with Crippen LogP contribution in [0.25, 0.3) is 0 Å². The summed E-state index contributed by atoms with van der Waals surface area (Å²) in [6, 6.07) is 16.0. The second-order valence-electron chi connectivity index (χ2n) is 9.24. The van der Waals surface area contributed by atoms with E-state index >= 15 is 0 Å². The topological polar surface area (TPSA) is 53.5 Å². The zero-order chi connectivity index (χ0) is 21.7. The summed E-state index contributed by atoms with van der Waals surface area (Å²) >= 11 is 0. The summed E-state index contributed by atoms with van der Waals surface area (Å²) in [5.74, 6) is 0.766. The van der Waals surface area contributed by atoms with E-state index in [-0.39, 0.29) is 11.3 Å². The van der Waals surface area contributed by atoms with Crippen LogP contribution in [-0.2, 0) is 22.6 Å². The van der Waals surface area contributed by atoms with Gasteiger partial charge >= 0.3 is 0 Å². The number of carbonyl (C=O) groups is 2. The molecular weight excluding hydrogens is 386 g/mol. The molecule has 164 valence electrons. The van der Waals surface area contributed by atoms with Crippen LogP contribution in [0, 0.1) is 11.3 Å².